The van der Waals surface area contributed by atoms with Crippen molar-refractivity contribution >= 4 is 22.0 Å². The molecule has 1 aromatic rings. The Balaban J connectivity index is 2.45. The smallest absolute Gasteiger partial charge is 0.244 e. The van der Waals surface area contributed by atoms with Crippen LogP contribution in [0.3, 0.4) is 0 Å². The van der Waals surface area contributed by atoms with Crippen LogP contribution in [0.1, 0.15) is 38.4 Å². The van der Waals surface area contributed by atoms with Crippen molar-refractivity contribution in [3.63, 3.8) is 0 Å². The Hall–Kier alpha value is -2.71. The van der Waals surface area contributed by atoms with Crippen molar-refractivity contribution in [2.24, 2.45) is 0 Å². The van der Waals surface area contributed by atoms with Crippen molar-refractivity contribution in [1.29, 1.82) is 0 Å². The molecule has 2 N–H and O–H groups in total. The van der Waals surface area contributed by atoms with E-state index < -0.39 is 21.8 Å². The van der Waals surface area contributed by atoms with Gasteiger partial charge in [-0.25, -0.2) is 8.42 Å². The number of allylic oxidation sites excluding steroid dienone is 3. The van der Waals surface area contributed by atoms with Crippen molar-refractivity contribution in [3.8, 4) is 5.75 Å². The Kier molecular flexibility index (Phi) is 10.8. The van der Waals surface area contributed by atoms with Gasteiger partial charge in [0.1, 0.15) is 18.6 Å². The molecule has 0 heterocycles. The van der Waals surface area contributed by atoms with E-state index in [0.29, 0.717) is 17.9 Å². The Labute approximate surface area is 178 Å². The second-order valence-corrected chi connectivity index (χ2v) is 8.86. The normalized spacial score (nSPS) is 13.9. The average Bonchev–Trinajstić information content (AvgIpc) is 2.70. The number of aliphatic hydroxyl groups is 1. The lowest BCUT2D eigenvalue weighted by molar-refractivity contribution is -0.117. The zero-order valence-corrected chi connectivity index (χ0v) is 18.3. The summed E-state index contributed by atoms with van der Waals surface area (Å²) in [6.07, 6.45) is 7.35. The number of benzene rings is 1. The second-order valence-electron chi connectivity index (χ2n) is 6.93. The van der Waals surface area contributed by atoms with Gasteiger partial charge in [-0.3, -0.25) is 9.59 Å². The lowest BCUT2D eigenvalue weighted by Gasteiger charge is -2.12. The molecule has 8 heteroatoms. The van der Waals surface area contributed by atoms with Crippen LogP contribution in [-0.2, 0) is 19.4 Å². The van der Waals surface area contributed by atoms with Crippen LogP contribution in [-0.4, -0.2) is 45.1 Å². The fourth-order valence-electron chi connectivity index (χ4n) is 2.30. The predicted molar refractivity (Wildman–Crippen MR) is 117 cm³/mol. The number of nitrogens with one attached hydrogen (secondary N) is 1. The van der Waals surface area contributed by atoms with E-state index >= 15 is 0 Å². The van der Waals surface area contributed by atoms with Gasteiger partial charge in [-0.2, -0.15) is 0 Å². The topological polar surface area (TPSA) is 110 Å². The van der Waals surface area contributed by atoms with Crippen LogP contribution in [0.25, 0.3) is 0 Å². The maximum absolute atomic E-state index is 11.5. The summed E-state index contributed by atoms with van der Waals surface area (Å²) < 4.78 is 27.6. The maximum Gasteiger partial charge on any atom is 0.244 e. The molecule has 0 saturated carbocycles. The van der Waals surface area contributed by atoms with Gasteiger partial charge in [-0.1, -0.05) is 23.8 Å². The number of sulfone groups is 1. The second kappa shape index (κ2) is 12.8. The van der Waals surface area contributed by atoms with Crippen molar-refractivity contribution in [3.05, 3.63) is 64.6 Å². The minimum Gasteiger partial charge on any atom is -0.490 e. The first-order valence-corrected chi connectivity index (χ1v) is 11.4. The third-order valence-corrected chi connectivity index (χ3v) is 4.70. The minimum absolute atomic E-state index is 0.0485. The van der Waals surface area contributed by atoms with Gasteiger partial charge in [-0.15, -0.1) is 0 Å². The first kappa shape index (κ1) is 25.3. The van der Waals surface area contributed by atoms with Crippen molar-refractivity contribution < 1.29 is 27.9 Å². The number of aldehydes is 1. The van der Waals surface area contributed by atoms with Crippen LogP contribution in [0.2, 0.25) is 0 Å². The minimum atomic E-state index is -3.37. The lowest BCUT2D eigenvalue weighted by atomic mass is 10.1. The van der Waals surface area contributed by atoms with Crippen molar-refractivity contribution in [2.75, 3.05) is 19.4 Å². The molecule has 0 saturated heterocycles. The van der Waals surface area contributed by atoms with E-state index in [-0.39, 0.29) is 6.54 Å². The summed E-state index contributed by atoms with van der Waals surface area (Å²) in [6, 6.07) is 6.84. The molecule has 0 radical (unpaired) electrons. The fraction of sp³-hybridized carbons (Fsp3) is 0.364. The summed E-state index contributed by atoms with van der Waals surface area (Å²) in [5.41, 5.74) is 2.49. The Bertz CT molecular complexity index is 898. The number of aliphatic hydroxyl groups excluding tert-OH is 1. The van der Waals surface area contributed by atoms with E-state index in [9.17, 15) is 23.1 Å². The Morgan fingerprint density at radius 1 is 1.20 bits per heavy atom. The van der Waals surface area contributed by atoms with Gasteiger partial charge in [0.25, 0.3) is 0 Å². The molecule has 1 aromatic carbocycles. The Morgan fingerprint density at radius 2 is 1.87 bits per heavy atom. The summed E-state index contributed by atoms with van der Waals surface area (Å²) in [7, 11) is -3.37. The van der Waals surface area contributed by atoms with Gasteiger partial charge in [0.2, 0.25) is 5.91 Å². The molecule has 0 aliphatic heterocycles. The van der Waals surface area contributed by atoms with Crippen LogP contribution in [0.15, 0.2) is 59.0 Å². The molecule has 30 heavy (non-hydrogen) atoms. The number of amides is 1. The summed E-state index contributed by atoms with van der Waals surface area (Å²) in [6.45, 7) is 4.14. The molecule has 0 aliphatic rings. The molecule has 1 atom stereocenters. The van der Waals surface area contributed by atoms with Gasteiger partial charge < -0.3 is 15.2 Å². The molecule has 0 unspecified atom stereocenters. The number of carbonyl (C=O) groups excluding carboxylic acids is 2. The number of rotatable bonds is 12. The van der Waals surface area contributed by atoms with E-state index in [1.165, 1.54) is 0 Å². The first-order valence-electron chi connectivity index (χ1n) is 9.45. The highest BCUT2D eigenvalue weighted by atomic mass is 32.2. The van der Waals surface area contributed by atoms with E-state index in [4.69, 9.17) is 4.74 Å². The standard InChI is InChI=1S/C22H29NO6S/c1-17(5-4-6-18(2)16-24)11-13-29-20-9-7-19(8-10-20)21(25)15-23-22(26)12-14-30(3,27)28/h6-12,14,16,21,25H,4-5,13,15H2,1-3H3,(H,23,26)/b14-12+,17-11+,18-6+/t21-/m0/s1. The van der Waals surface area contributed by atoms with Gasteiger partial charge in [0, 0.05) is 24.3 Å². The largest absolute Gasteiger partial charge is 0.490 e. The third-order valence-electron chi connectivity index (χ3n) is 4.07. The average molecular weight is 436 g/mol. The monoisotopic (exact) mass is 435 g/mol. The van der Waals surface area contributed by atoms with Gasteiger partial charge in [-0.05, 0) is 56.0 Å². The Morgan fingerprint density at radius 3 is 2.47 bits per heavy atom. The number of ether oxygens (including phenoxy) is 1. The van der Waals surface area contributed by atoms with E-state index in [1.807, 2.05) is 19.1 Å². The van der Waals surface area contributed by atoms with Crippen LogP contribution in [0.4, 0.5) is 0 Å². The lowest BCUT2D eigenvalue weighted by Crippen LogP contribution is -2.26. The SMILES string of the molecule is C/C(C=O)=C\CC/C(C)=C/COc1ccc([C@@H](O)CNC(=O)/C=C/S(C)(=O)=O)cc1. The molecule has 164 valence electrons. The molecule has 0 fully saturated rings. The summed E-state index contributed by atoms with van der Waals surface area (Å²) in [5.74, 6) is 0.0465. The third kappa shape index (κ3) is 11.3. The molecule has 1 amide bonds. The molecule has 7 nitrogen and oxygen atoms in total. The zero-order valence-electron chi connectivity index (χ0n) is 17.5. The van der Waals surface area contributed by atoms with E-state index in [1.54, 1.807) is 31.2 Å². The molecule has 0 bridgehead atoms. The molecular formula is C22H29NO6S. The maximum atomic E-state index is 11.5. The zero-order chi connectivity index (χ0) is 22.6. The van der Waals surface area contributed by atoms with Gasteiger partial charge >= 0.3 is 0 Å². The van der Waals surface area contributed by atoms with Gasteiger partial charge in [0.05, 0.1) is 6.10 Å². The molecule has 1 rings (SSSR count). The quantitative estimate of drug-likeness (QED) is 0.297. The summed E-state index contributed by atoms with van der Waals surface area (Å²) >= 11 is 0. The highest BCUT2D eigenvalue weighted by Gasteiger charge is 2.09. The van der Waals surface area contributed by atoms with Crippen LogP contribution in [0, 0.1) is 0 Å². The van der Waals surface area contributed by atoms with Crippen molar-refractivity contribution in [1.82, 2.24) is 5.32 Å². The summed E-state index contributed by atoms with van der Waals surface area (Å²) in [4.78, 5) is 22.1. The molecule has 0 aromatic heterocycles. The van der Waals surface area contributed by atoms with Crippen LogP contribution >= 0.6 is 0 Å². The molecule has 0 spiro atoms. The predicted octanol–water partition coefficient (Wildman–Crippen LogP) is 2.65. The van der Waals surface area contributed by atoms with E-state index in [0.717, 1.165) is 48.0 Å². The number of carbonyl (C=O) groups is 2. The number of hydrogen-bond acceptors (Lipinski definition) is 6. The molecular weight excluding hydrogens is 406 g/mol. The highest BCUT2D eigenvalue weighted by Crippen LogP contribution is 2.18. The molecule has 0 aliphatic carbocycles. The van der Waals surface area contributed by atoms with Crippen LogP contribution in [0.5, 0.6) is 5.75 Å². The van der Waals surface area contributed by atoms with E-state index in [2.05, 4.69) is 5.32 Å². The summed E-state index contributed by atoms with van der Waals surface area (Å²) in [5, 5.41) is 13.4. The highest BCUT2D eigenvalue weighted by molar-refractivity contribution is 7.93. The first-order chi connectivity index (χ1) is 14.1. The van der Waals surface area contributed by atoms with Crippen LogP contribution < -0.4 is 10.1 Å². The van der Waals surface area contributed by atoms with Crippen molar-refractivity contribution in [2.45, 2.75) is 32.8 Å². The van der Waals surface area contributed by atoms with Gasteiger partial charge in [0.15, 0.2) is 9.84 Å². The number of hydrogen-bond donors (Lipinski definition) is 2. The fourth-order valence-corrected chi connectivity index (χ4v) is 2.67.